The molecule has 0 radical (unpaired) electrons. The van der Waals surface area contributed by atoms with Crippen molar-refractivity contribution < 1.29 is 9.53 Å². The Hall–Kier alpha value is -1.90. The van der Waals surface area contributed by atoms with Gasteiger partial charge in [0.2, 0.25) is 0 Å². The van der Waals surface area contributed by atoms with Crippen LogP contribution in [0.2, 0.25) is 0 Å². The fraction of sp³-hybridized carbons (Fsp3) is 0.286. The van der Waals surface area contributed by atoms with Crippen molar-refractivity contribution in [3.63, 3.8) is 0 Å². The fourth-order valence-corrected chi connectivity index (χ4v) is 1.67. The van der Waals surface area contributed by atoms with Crippen LogP contribution in [0.3, 0.4) is 0 Å². The van der Waals surface area contributed by atoms with E-state index in [4.69, 9.17) is 4.74 Å². The number of ether oxygens (including phenoxy) is 1. The molecule has 0 N–H and O–H groups in total. The summed E-state index contributed by atoms with van der Waals surface area (Å²) >= 11 is 0. The normalized spacial score (nSPS) is 10.4. The van der Waals surface area contributed by atoms with E-state index in [1.807, 2.05) is 24.3 Å². The first-order valence-corrected chi connectivity index (χ1v) is 5.83. The Bertz CT molecular complexity index is 517. The van der Waals surface area contributed by atoms with Gasteiger partial charge < -0.3 is 4.74 Å². The number of rotatable bonds is 4. The predicted octanol–water partition coefficient (Wildman–Crippen LogP) is 3.19. The molecule has 0 saturated heterocycles. The number of fused-ring (bicyclic) bond motifs is 1. The first kappa shape index (κ1) is 11.6. The monoisotopic (exact) mass is 229 g/mol. The molecule has 3 nitrogen and oxygen atoms in total. The molecule has 0 atom stereocenters. The Morgan fingerprint density at radius 1 is 1.29 bits per heavy atom. The minimum absolute atomic E-state index is 0.289. The highest BCUT2D eigenvalue weighted by molar-refractivity contribution is 6.03. The smallest absolute Gasteiger partial charge is 0.340 e. The van der Waals surface area contributed by atoms with Gasteiger partial charge >= 0.3 is 5.97 Å². The maximum Gasteiger partial charge on any atom is 0.340 e. The predicted molar refractivity (Wildman–Crippen MR) is 66.9 cm³/mol. The average molecular weight is 229 g/mol. The molecule has 0 aliphatic heterocycles. The van der Waals surface area contributed by atoms with Crippen molar-refractivity contribution in [3.05, 3.63) is 42.2 Å². The molecule has 1 aromatic carbocycles. The molecule has 3 heteroatoms. The zero-order valence-electron chi connectivity index (χ0n) is 9.85. The highest BCUT2D eigenvalue weighted by Gasteiger charge is 2.11. The number of esters is 1. The lowest BCUT2D eigenvalue weighted by Crippen LogP contribution is -2.07. The summed E-state index contributed by atoms with van der Waals surface area (Å²) in [7, 11) is 0. The van der Waals surface area contributed by atoms with E-state index in [-0.39, 0.29) is 5.97 Å². The molecule has 0 aliphatic rings. The minimum Gasteiger partial charge on any atom is -0.462 e. The van der Waals surface area contributed by atoms with E-state index >= 15 is 0 Å². The van der Waals surface area contributed by atoms with Gasteiger partial charge in [0.15, 0.2) is 0 Å². The van der Waals surface area contributed by atoms with Crippen molar-refractivity contribution in [2.45, 2.75) is 19.8 Å². The van der Waals surface area contributed by atoms with Crippen LogP contribution >= 0.6 is 0 Å². The van der Waals surface area contributed by atoms with Gasteiger partial charge in [0.1, 0.15) is 0 Å². The van der Waals surface area contributed by atoms with Gasteiger partial charge in [-0.2, -0.15) is 0 Å². The van der Waals surface area contributed by atoms with Crippen LogP contribution in [-0.2, 0) is 4.74 Å². The van der Waals surface area contributed by atoms with E-state index in [0.717, 1.165) is 23.6 Å². The van der Waals surface area contributed by atoms with Crippen LogP contribution in [0.25, 0.3) is 10.8 Å². The van der Waals surface area contributed by atoms with Crippen molar-refractivity contribution in [2.75, 3.05) is 6.61 Å². The molecule has 0 fully saturated rings. The Morgan fingerprint density at radius 2 is 2.12 bits per heavy atom. The molecular formula is C14H15NO2. The Morgan fingerprint density at radius 3 is 2.94 bits per heavy atom. The highest BCUT2D eigenvalue weighted by atomic mass is 16.5. The summed E-state index contributed by atoms with van der Waals surface area (Å²) in [4.78, 5) is 15.9. The van der Waals surface area contributed by atoms with Gasteiger partial charge in [-0.15, -0.1) is 0 Å². The molecule has 0 saturated carbocycles. The Kier molecular flexibility index (Phi) is 3.70. The summed E-state index contributed by atoms with van der Waals surface area (Å²) in [6, 6.07) is 7.68. The molecule has 1 aromatic heterocycles. The summed E-state index contributed by atoms with van der Waals surface area (Å²) in [5, 5.41) is 1.85. The van der Waals surface area contributed by atoms with Gasteiger partial charge in [-0.25, -0.2) is 4.79 Å². The number of benzene rings is 1. The highest BCUT2D eigenvalue weighted by Crippen LogP contribution is 2.17. The number of hydrogen-bond donors (Lipinski definition) is 0. The van der Waals surface area contributed by atoms with Crippen LogP contribution < -0.4 is 0 Å². The molecule has 1 heterocycles. The van der Waals surface area contributed by atoms with E-state index in [2.05, 4.69) is 11.9 Å². The van der Waals surface area contributed by atoms with Gasteiger partial charge in [0.05, 0.1) is 12.2 Å². The van der Waals surface area contributed by atoms with Crippen LogP contribution in [0, 0.1) is 0 Å². The molecule has 0 unspecified atom stereocenters. The second-order valence-corrected chi connectivity index (χ2v) is 3.90. The van der Waals surface area contributed by atoms with Crippen LogP contribution in [-0.4, -0.2) is 17.6 Å². The second-order valence-electron chi connectivity index (χ2n) is 3.90. The van der Waals surface area contributed by atoms with E-state index in [0.29, 0.717) is 12.2 Å². The Labute approximate surface area is 100 Å². The standard InChI is InChI=1S/C14H15NO2/c1-2-3-8-17-14(16)13-10-15-9-11-6-4-5-7-12(11)13/h4-7,9-10H,2-3,8H2,1H3. The van der Waals surface area contributed by atoms with E-state index in [9.17, 15) is 4.79 Å². The number of aromatic nitrogens is 1. The largest absolute Gasteiger partial charge is 0.462 e. The van der Waals surface area contributed by atoms with E-state index in [1.165, 1.54) is 0 Å². The molecule has 17 heavy (non-hydrogen) atoms. The number of pyridine rings is 1. The minimum atomic E-state index is -0.289. The summed E-state index contributed by atoms with van der Waals surface area (Å²) < 4.78 is 5.20. The number of nitrogens with zero attached hydrogens (tertiary/aromatic N) is 1. The lowest BCUT2D eigenvalue weighted by atomic mass is 10.1. The first-order valence-electron chi connectivity index (χ1n) is 5.83. The van der Waals surface area contributed by atoms with Gasteiger partial charge in [0, 0.05) is 17.8 Å². The SMILES string of the molecule is CCCCOC(=O)c1cncc2ccccc12. The molecule has 2 aromatic rings. The topological polar surface area (TPSA) is 39.2 Å². The molecule has 0 bridgehead atoms. The first-order chi connectivity index (χ1) is 8.33. The van der Waals surface area contributed by atoms with Gasteiger partial charge in [0.25, 0.3) is 0 Å². The fourth-order valence-electron chi connectivity index (χ4n) is 1.67. The molecule has 88 valence electrons. The second kappa shape index (κ2) is 5.43. The third-order valence-electron chi connectivity index (χ3n) is 2.62. The summed E-state index contributed by atoms with van der Waals surface area (Å²) in [5.41, 5.74) is 0.541. The maximum absolute atomic E-state index is 11.9. The van der Waals surface area contributed by atoms with E-state index < -0.39 is 0 Å². The third kappa shape index (κ3) is 2.61. The molecule has 0 aliphatic carbocycles. The lowest BCUT2D eigenvalue weighted by molar-refractivity contribution is 0.0501. The Balaban J connectivity index is 2.26. The summed E-state index contributed by atoms with van der Waals surface area (Å²) in [5.74, 6) is -0.289. The quantitative estimate of drug-likeness (QED) is 0.597. The van der Waals surface area contributed by atoms with Gasteiger partial charge in [-0.1, -0.05) is 37.6 Å². The average Bonchev–Trinajstić information content (AvgIpc) is 2.38. The molecular weight excluding hydrogens is 214 g/mol. The van der Waals surface area contributed by atoms with Crippen molar-refractivity contribution in [2.24, 2.45) is 0 Å². The van der Waals surface area contributed by atoms with Crippen LogP contribution in [0.1, 0.15) is 30.1 Å². The van der Waals surface area contributed by atoms with Crippen LogP contribution in [0.5, 0.6) is 0 Å². The molecule has 0 amide bonds. The lowest BCUT2D eigenvalue weighted by Gasteiger charge is -2.06. The summed E-state index contributed by atoms with van der Waals surface area (Å²) in [6.07, 6.45) is 5.22. The zero-order chi connectivity index (χ0) is 12.1. The molecule has 2 rings (SSSR count). The third-order valence-corrected chi connectivity index (χ3v) is 2.62. The molecule has 0 spiro atoms. The van der Waals surface area contributed by atoms with Crippen molar-refractivity contribution >= 4 is 16.7 Å². The number of unbranched alkanes of at least 4 members (excludes halogenated alkanes) is 1. The number of carbonyl (C=O) groups excluding carboxylic acids is 1. The van der Waals surface area contributed by atoms with Crippen molar-refractivity contribution in [3.8, 4) is 0 Å². The number of hydrogen-bond acceptors (Lipinski definition) is 3. The zero-order valence-corrected chi connectivity index (χ0v) is 9.85. The van der Waals surface area contributed by atoms with Crippen molar-refractivity contribution in [1.82, 2.24) is 4.98 Å². The van der Waals surface area contributed by atoms with E-state index in [1.54, 1.807) is 12.4 Å². The number of carbonyl (C=O) groups is 1. The maximum atomic E-state index is 11.9. The van der Waals surface area contributed by atoms with Gasteiger partial charge in [-0.3, -0.25) is 4.98 Å². The van der Waals surface area contributed by atoms with Crippen LogP contribution in [0.15, 0.2) is 36.7 Å². The summed E-state index contributed by atoms with van der Waals surface area (Å²) in [6.45, 7) is 2.53. The van der Waals surface area contributed by atoms with Gasteiger partial charge in [-0.05, 0) is 11.8 Å². The van der Waals surface area contributed by atoms with Crippen LogP contribution in [0.4, 0.5) is 0 Å². The van der Waals surface area contributed by atoms with Crippen molar-refractivity contribution in [1.29, 1.82) is 0 Å².